The van der Waals surface area contributed by atoms with E-state index in [-0.39, 0.29) is 22.0 Å². The fourth-order valence-corrected chi connectivity index (χ4v) is 4.06. The Morgan fingerprint density at radius 2 is 2.10 bits per heavy atom. The molecule has 0 bridgehead atoms. The smallest absolute Gasteiger partial charge is 0.338 e. The number of ether oxygens (including phenoxy) is 2. The van der Waals surface area contributed by atoms with Crippen molar-refractivity contribution >= 4 is 50.8 Å². The molecule has 0 aliphatic carbocycles. The van der Waals surface area contributed by atoms with Gasteiger partial charge in [0.1, 0.15) is 0 Å². The minimum atomic E-state index is -0.464. The lowest BCUT2D eigenvalue weighted by Crippen LogP contribution is -2.20. The summed E-state index contributed by atoms with van der Waals surface area (Å²) in [6.45, 7) is 3.57. The first-order valence-corrected chi connectivity index (χ1v) is 9.82. The lowest BCUT2D eigenvalue weighted by molar-refractivity contribution is 0.0378. The summed E-state index contributed by atoms with van der Waals surface area (Å²) in [5, 5.41) is 0.319. The molecule has 0 atom stereocenters. The van der Waals surface area contributed by atoms with Gasteiger partial charge < -0.3 is 13.9 Å². The van der Waals surface area contributed by atoms with Crippen LogP contribution in [-0.4, -0.2) is 33.7 Å². The van der Waals surface area contributed by atoms with E-state index in [1.54, 1.807) is 38.1 Å². The molecule has 148 valence electrons. The van der Waals surface area contributed by atoms with Crippen molar-refractivity contribution in [2.24, 2.45) is 0 Å². The number of fused-ring (bicyclic) bond motifs is 2. The third-order valence-corrected chi connectivity index (χ3v) is 5.28. The first-order chi connectivity index (χ1) is 13.9. The highest BCUT2D eigenvalue weighted by atomic mass is 32.1. The second-order valence-electron chi connectivity index (χ2n) is 6.33. The van der Waals surface area contributed by atoms with Gasteiger partial charge in [0.2, 0.25) is 10.7 Å². The zero-order valence-electron chi connectivity index (χ0n) is 15.7. The standard InChI is InChI=1S/C19H15N3O5S2/c1-9(2)26-17(24)10-4-5-11-13(8-10)29-18(21-11)22-16(23)14-15(27-19(22)28)12(25-3)6-7-20-14/h4-9H,1-3H3. The number of carbonyl (C=O) groups is 1. The fourth-order valence-electron chi connectivity index (χ4n) is 2.75. The lowest BCUT2D eigenvalue weighted by Gasteiger charge is -2.07. The summed E-state index contributed by atoms with van der Waals surface area (Å²) >= 11 is 6.49. The molecular formula is C19H15N3O5S2. The molecule has 8 nitrogen and oxygen atoms in total. The van der Waals surface area contributed by atoms with Crippen LogP contribution >= 0.6 is 23.6 Å². The van der Waals surface area contributed by atoms with Crippen LogP contribution in [0.1, 0.15) is 24.2 Å². The second kappa shape index (κ2) is 7.37. The molecule has 0 aliphatic heterocycles. The van der Waals surface area contributed by atoms with Gasteiger partial charge in [-0.25, -0.2) is 19.3 Å². The van der Waals surface area contributed by atoms with Crippen molar-refractivity contribution in [2.45, 2.75) is 20.0 Å². The molecule has 0 saturated carbocycles. The molecule has 0 aliphatic rings. The SMILES string of the molecule is COc1ccnc2c(=O)n(-c3nc4ccc(C(=O)OC(C)C)cc4s3)c(=S)oc12. The van der Waals surface area contributed by atoms with E-state index in [1.165, 1.54) is 29.2 Å². The maximum absolute atomic E-state index is 13.0. The summed E-state index contributed by atoms with van der Waals surface area (Å²) in [4.78, 5) is 33.6. The highest BCUT2D eigenvalue weighted by Gasteiger charge is 2.18. The van der Waals surface area contributed by atoms with Crippen molar-refractivity contribution in [1.82, 2.24) is 14.5 Å². The molecule has 1 aromatic carbocycles. The number of esters is 1. The Kier molecular flexibility index (Phi) is 4.89. The fraction of sp³-hybridized carbons (Fsp3) is 0.211. The molecule has 4 rings (SSSR count). The molecule has 0 fully saturated rings. The van der Waals surface area contributed by atoms with Gasteiger partial charge in [0.15, 0.2) is 11.3 Å². The Morgan fingerprint density at radius 3 is 2.83 bits per heavy atom. The summed E-state index contributed by atoms with van der Waals surface area (Å²) in [7, 11) is 1.47. The number of nitrogens with zero attached hydrogens (tertiary/aromatic N) is 3. The first-order valence-electron chi connectivity index (χ1n) is 8.60. The third-order valence-electron chi connectivity index (χ3n) is 4.01. The monoisotopic (exact) mass is 429 g/mol. The van der Waals surface area contributed by atoms with Crippen LogP contribution in [0.5, 0.6) is 5.75 Å². The van der Waals surface area contributed by atoms with E-state index in [0.29, 0.717) is 26.7 Å². The molecule has 0 unspecified atom stereocenters. The van der Waals surface area contributed by atoms with Gasteiger partial charge in [0, 0.05) is 12.3 Å². The summed E-state index contributed by atoms with van der Waals surface area (Å²) < 4.78 is 18.0. The van der Waals surface area contributed by atoms with E-state index in [1.807, 2.05) is 0 Å². The highest BCUT2D eigenvalue weighted by Crippen LogP contribution is 2.28. The van der Waals surface area contributed by atoms with Crippen molar-refractivity contribution in [3.8, 4) is 10.9 Å². The molecule has 0 N–H and O–H groups in total. The van der Waals surface area contributed by atoms with Crippen LogP contribution in [0.2, 0.25) is 0 Å². The van der Waals surface area contributed by atoms with E-state index in [0.717, 1.165) is 0 Å². The quantitative estimate of drug-likeness (QED) is 0.356. The first kappa shape index (κ1) is 19.2. The molecule has 29 heavy (non-hydrogen) atoms. The molecule has 3 heterocycles. The zero-order chi connectivity index (χ0) is 20.7. The van der Waals surface area contributed by atoms with Crippen molar-refractivity contribution in [3.63, 3.8) is 0 Å². The average molecular weight is 429 g/mol. The molecule has 3 aromatic heterocycles. The van der Waals surface area contributed by atoms with Crippen LogP contribution in [-0.2, 0) is 4.74 Å². The maximum Gasteiger partial charge on any atom is 0.338 e. The Bertz CT molecular complexity index is 1370. The summed E-state index contributed by atoms with van der Waals surface area (Å²) in [6.07, 6.45) is 1.23. The molecule has 10 heteroatoms. The number of rotatable bonds is 4. The summed E-state index contributed by atoms with van der Waals surface area (Å²) in [6, 6.07) is 6.58. The van der Waals surface area contributed by atoms with E-state index in [2.05, 4.69) is 9.97 Å². The minimum Gasteiger partial charge on any atom is -0.493 e. The van der Waals surface area contributed by atoms with Gasteiger partial charge in [-0.05, 0) is 44.3 Å². The van der Waals surface area contributed by atoms with Gasteiger partial charge in [-0.3, -0.25) is 4.79 Å². The van der Waals surface area contributed by atoms with Gasteiger partial charge in [-0.1, -0.05) is 11.3 Å². The van der Waals surface area contributed by atoms with E-state index < -0.39 is 11.5 Å². The topological polar surface area (TPSA) is 96.5 Å². The van der Waals surface area contributed by atoms with Gasteiger partial charge >= 0.3 is 5.97 Å². The summed E-state index contributed by atoms with van der Waals surface area (Å²) in [5.74, 6) is -0.0575. The van der Waals surface area contributed by atoms with Crippen LogP contribution < -0.4 is 10.3 Å². The minimum absolute atomic E-state index is 0.0766. The number of pyridine rings is 1. The van der Waals surface area contributed by atoms with Crippen LogP contribution in [0, 0.1) is 4.84 Å². The number of thiazole rings is 1. The van der Waals surface area contributed by atoms with Crippen molar-refractivity contribution in [3.05, 3.63) is 51.2 Å². The largest absolute Gasteiger partial charge is 0.493 e. The molecule has 0 spiro atoms. The Morgan fingerprint density at radius 1 is 1.31 bits per heavy atom. The molecule has 0 radical (unpaired) electrons. The predicted molar refractivity (Wildman–Crippen MR) is 111 cm³/mol. The normalized spacial score (nSPS) is 11.3. The lowest BCUT2D eigenvalue weighted by atomic mass is 10.2. The van der Waals surface area contributed by atoms with Crippen LogP contribution in [0.25, 0.3) is 26.4 Å². The number of benzene rings is 1. The molecular weight excluding hydrogens is 414 g/mol. The molecule has 0 saturated heterocycles. The van der Waals surface area contributed by atoms with E-state index in [4.69, 9.17) is 26.1 Å². The van der Waals surface area contributed by atoms with Gasteiger partial charge in [-0.2, -0.15) is 0 Å². The van der Waals surface area contributed by atoms with Crippen LogP contribution in [0.4, 0.5) is 0 Å². The number of hydrogen-bond donors (Lipinski definition) is 0. The van der Waals surface area contributed by atoms with E-state index >= 15 is 0 Å². The number of carbonyl (C=O) groups excluding carboxylic acids is 1. The highest BCUT2D eigenvalue weighted by molar-refractivity contribution is 7.71. The second-order valence-corrected chi connectivity index (χ2v) is 7.69. The van der Waals surface area contributed by atoms with Crippen LogP contribution in [0.15, 0.2) is 39.7 Å². The third kappa shape index (κ3) is 3.40. The Balaban J connectivity index is 1.87. The summed E-state index contributed by atoms with van der Waals surface area (Å²) in [5.41, 5.74) is 0.821. The average Bonchev–Trinajstić information content (AvgIpc) is 3.09. The number of hydrogen-bond acceptors (Lipinski definition) is 9. The zero-order valence-corrected chi connectivity index (χ0v) is 17.3. The van der Waals surface area contributed by atoms with Gasteiger partial charge in [0.05, 0.1) is 29.0 Å². The van der Waals surface area contributed by atoms with Crippen LogP contribution in [0.3, 0.4) is 0 Å². The van der Waals surface area contributed by atoms with Gasteiger partial charge in [0.25, 0.3) is 10.4 Å². The Hall–Kier alpha value is -3.11. The molecule has 0 amide bonds. The van der Waals surface area contributed by atoms with Crippen molar-refractivity contribution < 1.29 is 18.7 Å². The van der Waals surface area contributed by atoms with Gasteiger partial charge in [-0.15, -0.1) is 0 Å². The maximum atomic E-state index is 13.0. The number of aromatic nitrogens is 3. The van der Waals surface area contributed by atoms with Crippen molar-refractivity contribution in [2.75, 3.05) is 7.11 Å². The van der Waals surface area contributed by atoms with Crippen molar-refractivity contribution in [1.29, 1.82) is 0 Å². The molecule has 4 aromatic rings. The Labute approximate surface area is 173 Å². The number of methoxy groups -OCH3 is 1. The van der Waals surface area contributed by atoms with E-state index in [9.17, 15) is 9.59 Å². The predicted octanol–water partition coefficient (Wildman–Crippen LogP) is 3.89.